The van der Waals surface area contributed by atoms with Gasteiger partial charge in [0.25, 0.3) is 0 Å². The first-order chi connectivity index (χ1) is 11.5. The molecule has 0 radical (unpaired) electrons. The van der Waals surface area contributed by atoms with E-state index in [0.717, 1.165) is 11.3 Å². The fourth-order valence-electron chi connectivity index (χ4n) is 2.01. The second-order valence-electron chi connectivity index (χ2n) is 4.79. The van der Waals surface area contributed by atoms with Gasteiger partial charge in [-0.3, -0.25) is 4.79 Å². The van der Waals surface area contributed by atoms with Crippen LogP contribution < -0.4 is 14.8 Å². The average molecular weight is 394 g/mol. The molecule has 1 amide bonds. The quantitative estimate of drug-likeness (QED) is 0.726. The van der Waals surface area contributed by atoms with Crippen LogP contribution in [0.4, 0.5) is 10.1 Å². The van der Waals surface area contributed by atoms with Crippen molar-refractivity contribution in [2.24, 2.45) is 0 Å². The zero-order valence-corrected chi connectivity index (χ0v) is 14.9. The SMILES string of the molecule is CCOc1c(Br)cc(F)cc1NC(=O)C=Cc1ccc(OC)cc1. The Hall–Kier alpha value is -2.34. The van der Waals surface area contributed by atoms with Gasteiger partial charge in [-0.2, -0.15) is 0 Å². The molecule has 126 valence electrons. The number of methoxy groups -OCH3 is 1. The Kier molecular flexibility index (Phi) is 6.37. The Morgan fingerprint density at radius 2 is 2.00 bits per heavy atom. The number of hydrogen-bond acceptors (Lipinski definition) is 3. The van der Waals surface area contributed by atoms with E-state index in [1.165, 1.54) is 18.2 Å². The van der Waals surface area contributed by atoms with Crippen molar-refractivity contribution < 1.29 is 18.7 Å². The molecule has 0 spiro atoms. The monoisotopic (exact) mass is 393 g/mol. The Balaban J connectivity index is 2.12. The average Bonchev–Trinajstić information content (AvgIpc) is 2.56. The van der Waals surface area contributed by atoms with Crippen LogP contribution in [0.15, 0.2) is 46.9 Å². The molecule has 1 N–H and O–H groups in total. The van der Waals surface area contributed by atoms with Crippen LogP contribution in [0, 0.1) is 5.82 Å². The van der Waals surface area contributed by atoms with Crippen molar-refractivity contribution in [1.29, 1.82) is 0 Å². The molecule has 0 saturated heterocycles. The van der Waals surface area contributed by atoms with Crippen LogP contribution in [0.3, 0.4) is 0 Å². The number of carbonyl (C=O) groups is 1. The van der Waals surface area contributed by atoms with Crippen LogP contribution in [-0.4, -0.2) is 19.6 Å². The van der Waals surface area contributed by atoms with Gasteiger partial charge in [0.05, 0.1) is 23.9 Å². The molecule has 4 nitrogen and oxygen atoms in total. The van der Waals surface area contributed by atoms with Gasteiger partial charge in [0.15, 0.2) is 5.75 Å². The van der Waals surface area contributed by atoms with Gasteiger partial charge >= 0.3 is 0 Å². The van der Waals surface area contributed by atoms with E-state index < -0.39 is 5.82 Å². The minimum Gasteiger partial charge on any atom is -0.497 e. The minimum atomic E-state index is -0.472. The highest BCUT2D eigenvalue weighted by atomic mass is 79.9. The molecule has 0 unspecified atom stereocenters. The van der Waals surface area contributed by atoms with E-state index in [9.17, 15) is 9.18 Å². The van der Waals surface area contributed by atoms with Crippen LogP contribution in [-0.2, 0) is 4.79 Å². The first-order valence-electron chi connectivity index (χ1n) is 7.28. The third-order valence-electron chi connectivity index (χ3n) is 3.10. The van der Waals surface area contributed by atoms with Crippen molar-refractivity contribution in [3.63, 3.8) is 0 Å². The molecule has 2 aromatic rings. The summed E-state index contributed by atoms with van der Waals surface area (Å²) >= 11 is 3.23. The summed E-state index contributed by atoms with van der Waals surface area (Å²) in [5.41, 5.74) is 1.12. The van der Waals surface area contributed by atoms with Gasteiger partial charge in [-0.15, -0.1) is 0 Å². The number of benzene rings is 2. The molecule has 0 atom stereocenters. The molecule has 0 saturated carbocycles. The fourth-order valence-corrected chi connectivity index (χ4v) is 2.55. The number of rotatable bonds is 6. The maximum atomic E-state index is 13.6. The van der Waals surface area contributed by atoms with E-state index in [1.54, 1.807) is 25.3 Å². The predicted molar refractivity (Wildman–Crippen MR) is 95.9 cm³/mol. The van der Waals surface area contributed by atoms with E-state index in [1.807, 2.05) is 19.1 Å². The summed E-state index contributed by atoms with van der Waals surface area (Å²) in [7, 11) is 1.59. The van der Waals surface area contributed by atoms with E-state index in [0.29, 0.717) is 16.8 Å². The molecule has 6 heteroatoms. The van der Waals surface area contributed by atoms with Crippen LogP contribution in [0.1, 0.15) is 12.5 Å². The number of nitrogens with one attached hydrogen (secondary N) is 1. The molecule has 0 aliphatic rings. The molecule has 24 heavy (non-hydrogen) atoms. The Morgan fingerprint density at radius 3 is 2.62 bits per heavy atom. The zero-order valence-electron chi connectivity index (χ0n) is 13.3. The number of anilines is 1. The highest BCUT2D eigenvalue weighted by Crippen LogP contribution is 2.34. The third-order valence-corrected chi connectivity index (χ3v) is 3.69. The van der Waals surface area contributed by atoms with E-state index in [2.05, 4.69) is 21.2 Å². The molecule has 0 aromatic heterocycles. The number of halogens is 2. The first kappa shape index (κ1) is 18.0. The first-order valence-corrected chi connectivity index (χ1v) is 8.07. The normalized spacial score (nSPS) is 10.7. The highest BCUT2D eigenvalue weighted by Gasteiger charge is 2.12. The second-order valence-corrected chi connectivity index (χ2v) is 5.65. The maximum absolute atomic E-state index is 13.6. The summed E-state index contributed by atoms with van der Waals surface area (Å²) in [6.45, 7) is 2.21. The summed E-state index contributed by atoms with van der Waals surface area (Å²) in [5, 5.41) is 2.62. The van der Waals surface area contributed by atoms with Crippen molar-refractivity contribution in [3.05, 3.63) is 58.3 Å². The van der Waals surface area contributed by atoms with Crippen LogP contribution in [0.25, 0.3) is 6.08 Å². The molecule has 2 aromatic carbocycles. The van der Waals surface area contributed by atoms with Gasteiger partial charge in [0.2, 0.25) is 5.91 Å². The number of amides is 1. The Morgan fingerprint density at radius 1 is 1.29 bits per heavy atom. The highest BCUT2D eigenvalue weighted by molar-refractivity contribution is 9.10. The lowest BCUT2D eigenvalue weighted by Gasteiger charge is -2.12. The fraction of sp³-hybridized carbons (Fsp3) is 0.167. The van der Waals surface area contributed by atoms with Crippen LogP contribution in [0.2, 0.25) is 0 Å². The summed E-state index contributed by atoms with van der Waals surface area (Å²) in [5.74, 6) is 0.275. The molecular formula is C18H17BrFNO3. The number of hydrogen-bond donors (Lipinski definition) is 1. The lowest BCUT2D eigenvalue weighted by Crippen LogP contribution is -2.10. The van der Waals surface area contributed by atoms with E-state index in [-0.39, 0.29) is 11.6 Å². The number of carbonyl (C=O) groups excluding carboxylic acids is 1. The molecule has 0 aliphatic heterocycles. The van der Waals surface area contributed by atoms with Crippen molar-refractivity contribution in [3.8, 4) is 11.5 Å². The Labute approximate surface area is 148 Å². The zero-order chi connectivity index (χ0) is 17.5. The molecule has 0 fully saturated rings. The number of ether oxygens (including phenoxy) is 2. The topological polar surface area (TPSA) is 47.6 Å². The summed E-state index contributed by atoms with van der Waals surface area (Å²) < 4.78 is 24.5. The van der Waals surface area contributed by atoms with Crippen LogP contribution in [0.5, 0.6) is 11.5 Å². The van der Waals surface area contributed by atoms with Gasteiger partial charge in [0, 0.05) is 12.1 Å². The van der Waals surface area contributed by atoms with E-state index in [4.69, 9.17) is 9.47 Å². The van der Waals surface area contributed by atoms with E-state index >= 15 is 0 Å². The minimum absolute atomic E-state index is 0.271. The van der Waals surface area contributed by atoms with Gasteiger partial charge < -0.3 is 14.8 Å². The van der Waals surface area contributed by atoms with Gasteiger partial charge in [-0.25, -0.2) is 4.39 Å². The van der Waals surface area contributed by atoms with Crippen molar-refractivity contribution in [1.82, 2.24) is 0 Å². The van der Waals surface area contributed by atoms with Gasteiger partial charge in [-0.05, 0) is 52.7 Å². The maximum Gasteiger partial charge on any atom is 0.248 e. The molecule has 2 rings (SSSR count). The standard InChI is InChI=1S/C18H17BrFNO3/c1-3-24-18-15(19)10-13(20)11-16(18)21-17(22)9-6-12-4-7-14(23-2)8-5-12/h4-11H,3H2,1-2H3,(H,21,22). The van der Waals surface area contributed by atoms with Crippen molar-refractivity contribution in [2.45, 2.75) is 6.92 Å². The molecule has 0 bridgehead atoms. The van der Waals surface area contributed by atoms with Crippen LogP contribution >= 0.6 is 15.9 Å². The lowest BCUT2D eigenvalue weighted by atomic mass is 10.2. The summed E-state index contributed by atoms with van der Waals surface area (Å²) in [6, 6.07) is 9.76. The van der Waals surface area contributed by atoms with Gasteiger partial charge in [-0.1, -0.05) is 12.1 Å². The van der Waals surface area contributed by atoms with Crippen molar-refractivity contribution in [2.75, 3.05) is 19.0 Å². The van der Waals surface area contributed by atoms with Crippen molar-refractivity contribution >= 4 is 33.6 Å². The Bertz CT molecular complexity index is 745. The summed E-state index contributed by atoms with van der Waals surface area (Å²) in [4.78, 5) is 12.1. The molecule has 0 aliphatic carbocycles. The predicted octanol–water partition coefficient (Wildman–Crippen LogP) is 4.65. The molecule has 0 heterocycles. The largest absolute Gasteiger partial charge is 0.497 e. The smallest absolute Gasteiger partial charge is 0.248 e. The summed E-state index contributed by atoms with van der Waals surface area (Å²) in [6.07, 6.45) is 3.03. The third kappa shape index (κ3) is 4.83. The van der Waals surface area contributed by atoms with Gasteiger partial charge in [0.1, 0.15) is 11.6 Å². The second kappa shape index (κ2) is 8.49. The lowest BCUT2D eigenvalue weighted by molar-refractivity contribution is -0.111. The molecular weight excluding hydrogens is 377 g/mol.